The van der Waals surface area contributed by atoms with Crippen LogP contribution in [0.15, 0.2) is 6.33 Å². The molecule has 16 heavy (non-hydrogen) atoms. The second-order valence-corrected chi connectivity index (χ2v) is 3.51. The monoisotopic (exact) mass is 229 g/mol. The largest absolute Gasteiger partial charge is 0.394 e. The average Bonchev–Trinajstić information content (AvgIpc) is 2.79. The van der Waals surface area contributed by atoms with Crippen LogP contribution in [0.3, 0.4) is 0 Å². The third-order valence-corrected chi connectivity index (χ3v) is 2.38. The van der Waals surface area contributed by atoms with Crippen LogP contribution in [0.5, 0.6) is 0 Å². The van der Waals surface area contributed by atoms with E-state index in [2.05, 4.69) is 20.8 Å². The number of aromatic nitrogens is 4. The Morgan fingerprint density at radius 2 is 2.19 bits per heavy atom. The maximum atomic E-state index is 11.6. The second kappa shape index (κ2) is 5.52. The number of rotatable bonds is 6. The third kappa shape index (κ3) is 2.97. The fourth-order valence-electron chi connectivity index (χ4n) is 1.18. The number of carbonyl (C=O) groups excluding carboxylic acids is 1. The van der Waals surface area contributed by atoms with Crippen LogP contribution in [0, 0.1) is 0 Å². The first-order valence-corrected chi connectivity index (χ1v) is 4.89. The SMILES string of the molecule is CCC(CO)(CO)NC(=O)Cn1cnnn1. The highest BCUT2D eigenvalue weighted by molar-refractivity contribution is 5.76. The highest BCUT2D eigenvalue weighted by atomic mass is 16.3. The zero-order valence-corrected chi connectivity index (χ0v) is 9.00. The molecule has 1 rings (SSSR count). The number of aliphatic hydroxyl groups excluding tert-OH is 2. The summed E-state index contributed by atoms with van der Waals surface area (Å²) in [6, 6.07) is 0. The van der Waals surface area contributed by atoms with Gasteiger partial charge in [-0.2, -0.15) is 0 Å². The summed E-state index contributed by atoms with van der Waals surface area (Å²) in [5.74, 6) is -0.364. The highest BCUT2D eigenvalue weighted by Crippen LogP contribution is 2.07. The van der Waals surface area contributed by atoms with Crippen LogP contribution >= 0.6 is 0 Å². The number of amides is 1. The summed E-state index contributed by atoms with van der Waals surface area (Å²) < 4.78 is 1.25. The molecule has 0 saturated heterocycles. The normalized spacial score (nSPS) is 11.4. The molecular formula is C8H15N5O3. The summed E-state index contributed by atoms with van der Waals surface area (Å²) >= 11 is 0. The second-order valence-electron chi connectivity index (χ2n) is 3.51. The number of aliphatic hydroxyl groups is 2. The Balaban J connectivity index is 2.55. The van der Waals surface area contributed by atoms with Gasteiger partial charge in [-0.25, -0.2) is 4.68 Å². The zero-order valence-electron chi connectivity index (χ0n) is 9.00. The van der Waals surface area contributed by atoms with E-state index in [-0.39, 0.29) is 25.7 Å². The molecule has 0 aliphatic heterocycles. The maximum Gasteiger partial charge on any atom is 0.242 e. The van der Waals surface area contributed by atoms with Gasteiger partial charge in [-0.05, 0) is 16.8 Å². The van der Waals surface area contributed by atoms with Crippen LogP contribution in [-0.4, -0.2) is 55.1 Å². The summed E-state index contributed by atoms with van der Waals surface area (Å²) in [6.45, 7) is 1.08. The predicted molar refractivity (Wildman–Crippen MR) is 53.2 cm³/mol. The van der Waals surface area contributed by atoms with E-state index in [0.29, 0.717) is 6.42 Å². The molecule has 0 aliphatic rings. The van der Waals surface area contributed by atoms with Gasteiger partial charge in [0.15, 0.2) is 0 Å². The summed E-state index contributed by atoms with van der Waals surface area (Å²) in [5, 5.41) is 31.1. The van der Waals surface area contributed by atoms with Gasteiger partial charge < -0.3 is 15.5 Å². The quantitative estimate of drug-likeness (QED) is 0.516. The molecular weight excluding hydrogens is 214 g/mol. The van der Waals surface area contributed by atoms with Crippen molar-refractivity contribution in [3.8, 4) is 0 Å². The lowest BCUT2D eigenvalue weighted by Gasteiger charge is -2.29. The molecule has 1 aromatic rings. The first-order chi connectivity index (χ1) is 7.65. The van der Waals surface area contributed by atoms with Crippen molar-refractivity contribution in [2.24, 2.45) is 0 Å². The van der Waals surface area contributed by atoms with Gasteiger partial charge in [-0.3, -0.25) is 4.79 Å². The van der Waals surface area contributed by atoms with Crippen LogP contribution < -0.4 is 5.32 Å². The summed E-state index contributed by atoms with van der Waals surface area (Å²) in [4.78, 5) is 11.6. The van der Waals surface area contributed by atoms with Crippen molar-refractivity contribution in [2.75, 3.05) is 13.2 Å². The number of carbonyl (C=O) groups is 1. The highest BCUT2D eigenvalue weighted by Gasteiger charge is 2.28. The van der Waals surface area contributed by atoms with Crippen molar-refractivity contribution >= 4 is 5.91 Å². The molecule has 0 unspecified atom stereocenters. The lowest BCUT2D eigenvalue weighted by molar-refractivity contribution is -0.125. The Kier molecular flexibility index (Phi) is 4.32. The Hall–Kier alpha value is -1.54. The van der Waals surface area contributed by atoms with Gasteiger partial charge in [-0.15, -0.1) is 5.10 Å². The molecule has 90 valence electrons. The smallest absolute Gasteiger partial charge is 0.242 e. The third-order valence-electron chi connectivity index (χ3n) is 2.38. The van der Waals surface area contributed by atoms with Gasteiger partial charge in [0.25, 0.3) is 0 Å². The van der Waals surface area contributed by atoms with E-state index in [9.17, 15) is 4.79 Å². The molecule has 0 aliphatic carbocycles. The van der Waals surface area contributed by atoms with E-state index in [1.165, 1.54) is 11.0 Å². The van der Waals surface area contributed by atoms with E-state index in [1.807, 2.05) is 0 Å². The van der Waals surface area contributed by atoms with Gasteiger partial charge >= 0.3 is 0 Å². The number of nitrogens with one attached hydrogen (secondary N) is 1. The van der Waals surface area contributed by atoms with Crippen molar-refractivity contribution < 1.29 is 15.0 Å². The summed E-state index contributed by atoms with van der Waals surface area (Å²) in [7, 11) is 0. The Morgan fingerprint density at radius 1 is 1.50 bits per heavy atom. The number of hydrogen-bond acceptors (Lipinski definition) is 6. The molecule has 1 heterocycles. The zero-order chi connectivity index (χ0) is 12.0. The van der Waals surface area contributed by atoms with Gasteiger partial charge in [0.05, 0.1) is 18.8 Å². The van der Waals surface area contributed by atoms with Crippen molar-refractivity contribution in [2.45, 2.75) is 25.4 Å². The molecule has 0 fully saturated rings. The average molecular weight is 229 g/mol. The van der Waals surface area contributed by atoms with Gasteiger partial charge in [0, 0.05) is 0 Å². The topological polar surface area (TPSA) is 113 Å². The summed E-state index contributed by atoms with van der Waals surface area (Å²) in [6.07, 6.45) is 1.74. The minimum Gasteiger partial charge on any atom is -0.394 e. The van der Waals surface area contributed by atoms with E-state index < -0.39 is 5.54 Å². The fourth-order valence-corrected chi connectivity index (χ4v) is 1.18. The van der Waals surface area contributed by atoms with Gasteiger partial charge in [0.1, 0.15) is 12.9 Å². The Bertz CT molecular complexity index is 314. The predicted octanol–water partition coefficient (Wildman–Crippen LogP) is -2.08. The van der Waals surface area contributed by atoms with Gasteiger partial charge in [-0.1, -0.05) is 6.92 Å². The van der Waals surface area contributed by atoms with Crippen molar-refractivity contribution in [1.82, 2.24) is 25.5 Å². The van der Waals surface area contributed by atoms with E-state index in [4.69, 9.17) is 10.2 Å². The molecule has 1 amide bonds. The molecule has 0 aromatic carbocycles. The lowest BCUT2D eigenvalue weighted by Crippen LogP contribution is -2.54. The van der Waals surface area contributed by atoms with Crippen molar-refractivity contribution in [3.05, 3.63) is 6.33 Å². The molecule has 0 atom stereocenters. The lowest BCUT2D eigenvalue weighted by atomic mass is 9.98. The molecule has 0 bridgehead atoms. The minimum atomic E-state index is -0.981. The molecule has 0 radical (unpaired) electrons. The number of hydrogen-bond donors (Lipinski definition) is 3. The molecule has 3 N–H and O–H groups in total. The molecule has 0 spiro atoms. The fraction of sp³-hybridized carbons (Fsp3) is 0.750. The van der Waals surface area contributed by atoms with Crippen LogP contribution in [0.2, 0.25) is 0 Å². The van der Waals surface area contributed by atoms with E-state index in [1.54, 1.807) is 6.92 Å². The van der Waals surface area contributed by atoms with Crippen molar-refractivity contribution in [1.29, 1.82) is 0 Å². The van der Waals surface area contributed by atoms with Crippen LogP contribution in [0.1, 0.15) is 13.3 Å². The van der Waals surface area contributed by atoms with E-state index >= 15 is 0 Å². The van der Waals surface area contributed by atoms with Gasteiger partial charge in [0.2, 0.25) is 5.91 Å². The van der Waals surface area contributed by atoms with Crippen molar-refractivity contribution in [3.63, 3.8) is 0 Å². The maximum absolute atomic E-state index is 11.6. The first-order valence-electron chi connectivity index (χ1n) is 4.89. The first kappa shape index (κ1) is 12.5. The number of tetrazole rings is 1. The Labute approximate surface area is 92.3 Å². The summed E-state index contributed by atoms with van der Waals surface area (Å²) in [5.41, 5.74) is -0.981. The van der Waals surface area contributed by atoms with Crippen LogP contribution in [-0.2, 0) is 11.3 Å². The molecule has 8 nitrogen and oxygen atoms in total. The molecule has 8 heteroatoms. The molecule has 1 aromatic heterocycles. The Morgan fingerprint density at radius 3 is 2.62 bits per heavy atom. The van der Waals surface area contributed by atoms with Crippen LogP contribution in [0.25, 0.3) is 0 Å². The molecule has 0 saturated carbocycles. The van der Waals surface area contributed by atoms with Crippen LogP contribution in [0.4, 0.5) is 0 Å². The standard InChI is InChI=1S/C8H15N5O3/c1-2-8(4-14,5-15)10-7(16)3-13-6-9-11-12-13/h6,14-15H,2-5H2,1H3,(H,10,16). The minimum absolute atomic E-state index is 0.0469. The number of nitrogens with zero attached hydrogens (tertiary/aromatic N) is 4. The van der Waals surface area contributed by atoms with E-state index in [0.717, 1.165) is 0 Å².